The van der Waals surface area contributed by atoms with E-state index >= 15 is 0 Å². The van der Waals surface area contributed by atoms with Gasteiger partial charge in [0.25, 0.3) is 5.56 Å². The van der Waals surface area contributed by atoms with E-state index in [9.17, 15) is 9.90 Å². The third kappa shape index (κ3) is 5.88. The molecule has 0 fully saturated rings. The molecule has 0 aliphatic carbocycles. The molecule has 8 nitrogen and oxygen atoms in total. The number of aryl methyl sites for hydroxylation is 1. The van der Waals surface area contributed by atoms with E-state index in [0.29, 0.717) is 48.6 Å². The highest BCUT2D eigenvalue weighted by Crippen LogP contribution is 2.26. The van der Waals surface area contributed by atoms with Gasteiger partial charge in [-0.05, 0) is 48.1 Å². The van der Waals surface area contributed by atoms with Crippen molar-refractivity contribution in [1.29, 1.82) is 0 Å². The zero-order valence-electron chi connectivity index (χ0n) is 21.1. The molecule has 0 bridgehead atoms. The Hall–Kier alpha value is -3.36. The predicted molar refractivity (Wildman–Crippen MR) is 143 cm³/mol. The van der Waals surface area contributed by atoms with Crippen LogP contribution in [0, 0.1) is 6.92 Å². The van der Waals surface area contributed by atoms with E-state index < -0.39 is 0 Å². The van der Waals surface area contributed by atoms with Gasteiger partial charge >= 0.3 is 0 Å². The van der Waals surface area contributed by atoms with E-state index in [2.05, 4.69) is 43.0 Å². The number of rotatable bonds is 9. The minimum Gasteiger partial charge on any atom is -0.494 e. The van der Waals surface area contributed by atoms with Crippen molar-refractivity contribution in [3.63, 3.8) is 0 Å². The molecule has 2 heterocycles. The minimum atomic E-state index is -0.267. The van der Waals surface area contributed by atoms with Gasteiger partial charge in [-0.1, -0.05) is 56.6 Å². The first-order valence-corrected chi connectivity index (χ1v) is 12.4. The Morgan fingerprint density at radius 1 is 1.08 bits per heavy atom. The Kier molecular flexibility index (Phi) is 7.66. The molecule has 0 atom stereocenters. The fourth-order valence-corrected chi connectivity index (χ4v) is 4.06. The van der Waals surface area contributed by atoms with Crippen LogP contribution in [0.15, 0.2) is 53.3 Å². The van der Waals surface area contributed by atoms with Crippen molar-refractivity contribution in [1.82, 2.24) is 19.6 Å². The summed E-state index contributed by atoms with van der Waals surface area (Å²) in [4.78, 5) is 23.5. The molecular weight excluding hydrogens is 478 g/mol. The molecule has 36 heavy (non-hydrogen) atoms. The fourth-order valence-electron chi connectivity index (χ4n) is 3.94. The summed E-state index contributed by atoms with van der Waals surface area (Å²) in [6.07, 6.45) is 0.675. The molecule has 0 saturated carbocycles. The van der Waals surface area contributed by atoms with Crippen LogP contribution in [-0.2, 0) is 5.41 Å². The van der Waals surface area contributed by atoms with Crippen molar-refractivity contribution in [2.75, 3.05) is 31.2 Å². The van der Waals surface area contributed by atoms with Crippen LogP contribution in [0.5, 0.6) is 5.75 Å². The number of hydrogen-bond acceptors (Lipinski definition) is 6. The Labute approximate surface area is 215 Å². The minimum absolute atomic E-state index is 0.0349. The standard InChI is InChI=1S/C27H32ClN5O3/c1-18-16-21(10-11-22(18)28)36-15-5-12-32(13-14-34)26-30-25(29-23-17-24(35)31-33(23)26)19-6-8-20(9-7-19)27(2,3)4/h6-11,16-17,34H,5,12-15H2,1-4H3,(H,31,35). The smallest absolute Gasteiger partial charge is 0.266 e. The molecule has 2 N–H and O–H groups in total. The average Bonchev–Trinajstić information content (AvgIpc) is 3.22. The largest absolute Gasteiger partial charge is 0.494 e. The van der Waals surface area contributed by atoms with Crippen LogP contribution in [0.25, 0.3) is 17.0 Å². The second-order valence-corrected chi connectivity index (χ2v) is 10.2. The number of aromatic nitrogens is 4. The SMILES string of the molecule is Cc1cc(OCCCN(CCO)c2nc(-c3ccc(C(C)(C)C)cc3)nc3cc(=O)[nH]n23)ccc1Cl. The summed E-state index contributed by atoms with van der Waals surface area (Å²) in [6, 6.07) is 15.2. The van der Waals surface area contributed by atoms with E-state index in [4.69, 9.17) is 21.3 Å². The second kappa shape index (κ2) is 10.7. The number of halogens is 1. The number of nitrogens with zero attached hydrogens (tertiary/aromatic N) is 4. The molecule has 0 spiro atoms. The van der Waals surface area contributed by atoms with Gasteiger partial charge in [0, 0.05) is 29.7 Å². The molecule has 0 saturated heterocycles. The van der Waals surface area contributed by atoms with Crippen molar-refractivity contribution in [3.05, 3.63) is 75.0 Å². The number of fused-ring (bicyclic) bond motifs is 1. The first-order chi connectivity index (χ1) is 17.2. The van der Waals surface area contributed by atoms with Crippen molar-refractivity contribution < 1.29 is 9.84 Å². The van der Waals surface area contributed by atoms with Crippen LogP contribution in [0.3, 0.4) is 0 Å². The van der Waals surface area contributed by atoms with Gasteiger partial charge in [-0.3, -0.25) is 9.89 Å². The number of aromatic amines is 1. The molecule has 4 rings (SSSR count). The van der Waals surface area contributed by atoms with Gasteiger partial charge in [-0.25, -0.2) is 9.50 Å². The van der Waals surface area contributed by atoms with E-state index in [-0.39, 0.29) is 17.6 Å². The van der Waals surface area contributed by atoms with E-state index in [1.165, 1.54) is 11.6 Å². The van der Waals surface area contributed by atoms with Crippen molar-refractivity contribution in [2.45, 2.75) is 39.5 Å². The molecule has 9 heteroatoms. The lowest BCUT2D eigenvalue weighted by Crippen LogP contribution is -2.32. The number of nitrogens with one attached hydrogen (secondary N) is 1. The van der Waals surface area contributed by atoms with Crippen molar-refractivity contribution in [2.24, 2.45) is 0 Å². The maximum atomic E-state index is 12.2. The van der Waals surface area contributed by atoms with E-state index in [0.717, 1.165) is 16.9 Å². The monoisotopic (exact) mass is 509 g/mol. The lowest BCUT2D eigenvalue weighted by molar-refractivity contribution is 0.291. The summed E-state index contributed by atoms with van der Waals surface area (Å²) in [6.45, 7) is 9.74. The van der Waals surface area contributed by atoms with Crippen molar-refractivity contribution >= 4 is 23.2 Å². The Morgan fingerprint density at radius 2 is 1.83 bits per heavy atom. The molecule has 2 aromatic carbocycles. The van der Waals surface area contributed by atoms with Crippen LogP contribution in [0.2, 0.25) is 5.02 Å². The Morgan fingerprint density at radius 3 is 2.50 bits per heavy atom. The summed E-state index contributed by atoms with van der Waals surface area (Å²) in [7, 11) is 0. The predicted octanol–water partition coefficient (Wildman–Crippen LogP) is 4.61. The number of benzene rings is 2. The highest BCUT2D eigenvalue weighted by Gasteiger charge is 2.18. The van der Waals surface area contributed by atoms with Gasteiger partial charge in [0.1, 0.15) is 5.75 Å². The summed E-state index contributed by atoms with van der Waals surface area (Å²) in [5, 5.41) is 13.2. The summed E-state index contributed by atoms with van der Waals surface area (Å²) < 4.78 is 7.45. The lowest BCUT2D eigenvalue weighted by atomic mass is 9.87. The zero-order valence-corrected chi connectivity index (χ0v) is 21.8. The van der Waals surface area contributed by atoms with Gasteiger partial charge in [0.2, 0.25) is 5.95 Å². The maximum absolute atomic E-state index is 12.2. The number of H-pyrrole nitrogens is 1. The molecule has 0 unspecified atom stereocenters. The molecule has 4 aromatic rings. The zero-order chi connectivity index (χ0) is 25.9. The average molecular weight is 510 g/mol. The second-order valence-electron chi connectivity index (χ2n) is 9.81. The first kappa shape index (κ1) is 25.7. The van der Waals surface area contributed by atoms with Gasteiger partial charge in [-0.15, -0.1) is 0 Å². The molecule has 2 aromatic heterocycles. The third-order valence-corrected chi connectivity index (χ3v) is 6.39. The molecule has 0 amide bonds. The topological polar surface area (TPSA) is 95.8 Å². The quantitative estimate of drug-likeness (QED) is 0.320. The molecule has 190 valence electrons. The molecule has 0 aliphatic rings. The van der Waals surface area contributed by atoms with Crippen LogP contribution >= 0.6 is 11.6 Å². The summed E-state index contributed by atoms with van der Waals surface area (Å²) in [5.41, 5.74) is 3.26. The number of anilines is 1. The van der Waals surface area contributed by atoms with Crippen LogP contribution in [-0.4, -0.2) is 51.0 Å². The van der Waals surface area contributed by atoms with E-state index in [1.807, 2.05) is 42.2 Å². The summed E-state index contributed by atoms with van der Waals surface area (Å²) in [5.74, 6) is 1.78. The highest BCUT2D eigenvalue weighted by molar-refractivity contribution is 6.31. The lowest BCUT2D eigenvalue weighted by Gasteiger charge is -2.24. The van der Waals surface area contributed by atoms with Gasteiger partial charge in [0.05, 0.1) is 13.2 Å². The number of aliphatic hydroxyl groups is 1. The Balaban J connectivity index is 1.58. The van der Waals surface area contributed by atoms with Gasteiger partial charge in [0.15, 0.2) is 11.5 Å². The van der Waals surface area contributed by atoms with Gasteiger partial charge in [-0.2, -0.15) is 4.98 Å². The third-order valence-electron chi connectivity index (χ3n) is 5.97. The van der Waals surface area contributed by atoms with Crippen molar-refractivity contribution in [3.8, 4) is 17.1 Å². The molecule has 0 radical (unpaired) electrons. The maximum Gasteiger partial charge on any atom is 0.266 e. The normalized spacial score (nSPS) is 11.7. The number of hydrogen-bond donors (Lipinski definition) is 2. The number of ether oxygens (including phenoxy) is 1. The highest BCUT2D eigenvalue weighted by atomic mass is 35.5. The van der Waals surface area contributed by atoms with E-state index in [1.54, 1.807) is 4.52 Å². The Bertz CT molecular complexity index is 1390. The summed E-state index contributed by atoms with van der Waals surface area (Å²) >= 11 is 6.09. The van der Waals surface area contributed by atoms with Crippen LogP contribution < -0.4 is 15.2 Å². The van der Waals surface area contributed by atoms with Crippen LogP contribution in [0.4, 0.5) is 5.95 Å². The molecule has 0 aliphatic heterocycles. The number of aliphatic hydroxyl groups excluding tert-OH is 1. The van der Waals surface area contributed by atoms with Gasteiger partial charge < -0.3 is 14.7 Å². The van der Waals surface area contributed by atoms with Crippen LogP contribution in [0.1, 0.15) is 38.3 Å². The molecular formula is C27H32ClN5O3. The first-order valence-electron chi connectivity index (χ1n) is 12.0. The fraction of sp³-hybridized carbons (Fsp3) is 0.370.